The number of hydrogen-bond acceptors (Lipinski definition) is 7. The zero-order chi connectivity index (χ0) is 22.5. The molecule has 0 atom stereocenters. The van der Waals surface area contributed by atoms with Crippen LogP contribution in [0.15, 0.2) is 47.5 Å². The van der Waals surface area contributed by atoms with Crippen molar-refractivity contribution >= 4 is 16.0 Å². The van der Waals surface area contributed by atoms with E-state index in [1.165, 1.54) is 22.5 Å². The summed E-state index contributed by atoms with van der Waals surface area (Å²) in [5.74, 6) is -1.05. The van der Waals surface area contributed by atoms with Crippen molar-refractivity contribution in [3.05, 3.63) is 53.7 Å². The lowest BCUT2D eigenvalue weighted by Gasteiger charge is -2.26. The summed E-state index contributed by atoms with van der Waals surface area (Å²) in [6, 6.07) is 8.38. The Hall–Kier alpha value is -2.70. The molecule has 0 bridgehead atoms. The molecule has 0 unspecified atom stereocenters. The highest BCUT2D eigenvalue weighted by atomic mass is 32.2. The van der Waals surface area contributed by atoms with Crippen LogP contribution in [0.4, 0.5) is 13.2 Å². The minimum absolute atomic E-state index is 0.0106. The first-order valence-corrected chi connectivity index (χ1v) is 10.6. The highest BCUT2D eigenvalue weighted by Crippen LogP contribution is 2.20. The predicted molar refractivity (Wildman–Crippen MR) is 101 cm³/mol. The van der Waals surface area contributed by atoms with Gasteiger partial charge in [-0.2, -0.15) is 17.5 Å². The van der Waals surface area contributed by atoms with Gasteiger partial charge in [0.2, 0.25) is 15.9 Å². The third-order valence-corrected chi connectivity index (χ3v) is 6.13. The second kappa shape index (κ2) is 9.62. The molecule has 12 heteroatoms. The van der Waals surface area contributed by atoms with Crippen molar-refractivity contribution in [1.29, 1.82) is 0 Å². The molecule has 0 aliphatic carbocycles. The first-order valence-electron chi connectivity index (χ1n) is 9.15. The van der Waals surface area contributed by atoms with E-state index in [9.17, 15) is 26.4 Å². The lowest BCUT2D eigenvalue weighted by Crippen LogP contribution is -2.40. The Morgan fingerprint density at radius 1 is 1.16 bits per heavy atom. The number of alkyl halides is 3. The van der Waals surface area contributed by atoms with Crippen molar-refractivity contribution < 1.29 is 40.6 Å². The van der Waals surface area contributed by atoms with Gasteiger partial charge in [-0.3, -0.25) is 0 Å². The number of rotatable bonds is 7. The summed E-state index contributed by atoms with van der Waals surface area (Å²) in [7, 11) is -3.69. The van der Waals surface area contributed by atoms with Crippen molar-refractivity contribution in [3.8, 4) is 5.88 Å². The number of carbonyl (C=O) groups is 1. The fourth-order valence-corrected chi connectivity index (χ4v) is 4.18. The lowest BCUT2D eigenvalue weighted by molar-refractivity contribution is -0.154. The second-order valence-electron chi connectivity index (χ2n) is 6.53. The molecule has 1 fully saturated rings. The van der Waals surface area contributed by atoms with Gasteiger partial charge in [0.15, 0.2) is 6.61 Å². The van der Waals surface area contributed by atoms with Crippen LogP contribution in [0, 0.1) is 0 Å². The first-order chi connectivity index (χ1) is 14.6. The third kappa shape index (κ3) is 6.39. The van der Waals surface area contributed by atoms with Crippen LogP contribution in [-0.4, -0.2) is 62.8 Å². The summed E-state index contributed by atoms with van der Waals surface area (Å²) in [5.41, 5.74) is 0.470. The largest absolute Gasteiger partial charge is 0.468 e. The highest BCUT2D eigenvalue weighted by molar-refractivity contribution is 7.89. The van der Waals surface area contributed by atoms with E-state index in [4.69, 9.17) is 9.47 Å². The molecule has 1 aromatic heterocycles. The Kier molecular flexibility index (Phi) is 7.13. The number of halogens is 3. The molecule has 1 aliphatic rings. The van der Waals surface area contributed by atoms with Gasteiger partial charge in [-0.1, -0.05) is 12.1 Å². The summed E-state index contributed by atoms with van der Waals surface area (Å²) in [6.45, 7) is -0.519. The Morgan fingerprint density at radius 2 is 1.90 bits per heavy atom. The van der Waals surface area contributed by atoms with Crippen molar-refractivity contribution in [1.82, 2.24) is 9.29 Å². The van der Waals surface area contributed by atoms with Gasteiger partial charge in [-0.25, -0.2) is 18.2 Å². The van der Waals surface area contributed by atoms with Gasteiger partial charge < -0.3 is 14.2 Å². The fourth-order valence-electron chi connectivity index (χ4n) is 2.71. The third-order valence-electron chi connectivity index (χ3n) is 4.23. The minimum atomic E-state index is -4.50. The standard InChI is InChI=1S/C19H19F3N2O6S/c20-19(21,22)13-30-17-5-4-15(11-23-17)18(25)29-12-14-2-1-3-16(10-14)31(26,27)24-6-8-28-9-7-24/h1-5,10-11H,6-9,12-13H2. The van der Waals surface area contributed by atoms with Crippen molar-refractivity contribution in [3.63, 3.8) is 0 Å². The van der Waals surface area contributed by atoms with Gasteiger partial charge in [0, 0.05) is 25.4 Å². The number of sulfonamides is 1. The number of aromatic nitrogens is 1. The van der Waals surface area contributed by atoms with E-state index in [2.05, 4.69) is 9.72 Å². The van der Waals surface area contributed by atoms with E-state index < -0.39 is 28.8 Å². The van der Waals surface area contributed by atoms with Crippen molar-refractivity contribution in [2.75, 3.05) is 32.9 Å². The number of pyridine rings is 1. The van der Waals surface area contributed by atoms with Gasteiger partial charge in [0.1, 0.15) is 6.61 Å². The highest BCUT2D eigenvalue weighted by Gasteiger charge is 2.29. The quantitative estimate of drug-likeness (QED) is 0.586. The summed E-state index contributed by atoms with van der Waals surface area (Å²) >= 11 is 0. The molecule has 0 radical (unpaired) electrons. The van der Waals surface area contributed by atoms with Gasteiger partial charge >= 0.3 is 12.1 Å². The SMILES string of the molecule is O=C(OCc1cccc(S(=O)(=O)N2CCOCC2)c1)c1ccc(OCC(F)(F)F)nc1. The molecular formula is C19H19F3N2O6S. The average molecular weight is 460 g/mol. The zero-order valence-corrected chi connectivity index (χ0v) is 17.0. The van der Waals surface area contributed by atoms with Crippen LogP contribution in [0.1, 0.15) is 15.9 Å². The summed E-state index contributed by atoms with van der Waals surface area (Å²) in [5, 5.41) is 0. The van der Waals surface area contributed by atoms with Crippen LogP contribution in [0.3, 0.4) is 0 Å². The van der Waals surface area contributed by atoms with Crippen molar-refractivity contribution in [2.24, 2.45) is 0 Å². The number of benzene rings is 1. The average Bonchev–Trinajstić information content (AvgIpc) is 2.77. The Morgan fingerprint density at radius 3 is 2.55 bits per heavy atom. The predicted octanol–water partition coefficient (Wildman–Crippen LogP) is 2.40. The van der Waals surface area contributed by atoms with Crippen LogP contribution < -0.4 is 4.74 Å². The first kappa shape index (κ1) is 23.0. The molecule has 1 aliphatic heterocycles. The van der Waals surface area contributed by atoms with Crippen LogP contribution in [0.2, 0.25) is 0 Å². The number of nitrogens with zero attached hydrogens (tertiary/aromatic N) is 2. The maximum absolute atomic E-state index is 12.7. The molecule has 0 saturated carbocycles. The second-order valence-corrected chi connectivity index (χ2v) is 8.47. The molecule has 3 rings (SSSR count). The van der Waals surface area contributed by atoms with Gasteiger partial charge in [0.05, 0.1) is 23.7 Å². The molecule has 2 heterocycles. The number of hydrogen-bond donors (Lipinski definition) is 0. The minimum Gasteiger partial charge on any atom is -0.468 e. The Labute approximate surface area is 176 Å². The molecule has 168 valence electrons. The maximum Gasteiger partial charge on any atom is 0.422 e. The summed E-state index contributed by atoms with van der Waals surface area (Å²) < 4.78 is 78.0. The number of ether oxygens (including phenoxy) is 3. The lowest BCUT2D eigenvalue weighted by atomic mass is 10.2. The van der Waals surface area contributed by atoms with E-state index in [0.717, 1.165) is 12.3 Å². The molecule has 0 spiro atoms. The van der Waals surface area contributed by atoms with Crippen LogP contribution >= 0.6 is 0 Å². The van der Waals surface area contributed by atoms with E-state index in [-0.39, 0.29) is 36.0 Å². The molecule has 8 nitrogen and oxygen atoms in total. The number of carbonyl (C=O) groups excluding carboxylic acids is 1. The normalized spacial score (nSPS) is 15.5. The monoisotopic (exact) mass is 460 g/mol. The van der Waals surface area contributed by atoms with E-state index in [0.29, 0.717) is 18.8 Å². The van der Waals surface area contributed by atoms with Gasteiger partial charge in [-0.15, -0.1) is 0 Å². The van der Waals surface area contributed by atoms with Crippen LogP contribution in [0.25, 0.3) is 0 Å². The summed E-state index contributed by atoms with van der Waals surface area (Å²) in [6.07, 6.45) is -3.46. The van der Waals surface area contributed by atoms with Crippen molar-refractivity contribution in [2.45, 2.75) is 17.7 Å². The van der Waals surface area contributed by atoms with E-state index >= 15 is 0 Å². The number of esters is 1. The molecule has 31 heavy (non-hydrogen) atoms. The number of morpholine rings is 1. The fraction of sp³-hybridized carbons (Fsp3) is 0.368. The molecule has 1 saturated heterocycles. The smallest absolute Gasteiger partial charge is 0.422 e. The zero-order valence-electron chi connectivity index (χ0n) is 16.2. The molecule has 1 aromatic carbocycles. The van der Waals surface area contributed by atoms with E-state index in [1.807, 2.05) is 0 Å². The summed E-state index contributed by atoms with van der Waals surface area (Å²) in [4.78, 5) is 15.9. The van der Waals surface area contributed by atoms with Crippen LogP contribution in [-0.2, 0) is 26.1 Å². The van der Waals surface area contributed by atoms with Gasteiger partial charge in [0.25, 0.3) is 0 Å². The molecule has 0 amide bonds. The molecule has 0 N–H and O–H groups in total. The molecule has 2 aromatic rings. The van der Waals surface area contributed by atoms with Gasteiger partial charge in [-0.05, 0) is 23.8 Å². The topological polar surface area (TPSA) is 95.0 Å². The Bertz CT molecular complexity index is 1010. The van der Waals surface area contributed by atoms with E-state index in [1.54, 1.807) is 12.1 Å². The Balaban J connectivity index is 1.60. The maximum atomic E-state index is 12.7. The van der Waals surface area contributed by atoms with Crippen LogP contribution in [0.5, 0.6) is 5.88 Å². The molecular weight excluding hydrogens is 441 g/mol.